The molecule has 0 atom stereocenters. The van der Waals surface area contributed by atoms with E-state index >= 15 is 0 Å². The number of benzene rings is 2. The fourth-order valence-corrected chi connectivity index (χ4v) is 4.70. The second-order valence-electron chi connectivity index (χ2n) is 8.96. The van der Waals surface area contributed by atoms with Crippen LogP contribution in [-0.2, 0) is 21.5 Å². The summed E-state index contributed by atoms with van der Waals surface area (Å²) in [6.45, 7) is 2.31. The third-order valence-electron chi connectivity index (χ3n) is 6.84. The summed E-state index contributed by atoms with van der Waals surface area (Å²) in [6.07, 6.45) is 5.47. The Morgan fingerprint density at radius 1 is 0.967 bits per heavy atom. The lowest BCUT2D eigenvalue weighted by molar-refractivity contribution is -0.136. The van der Waals surface area contributed by atoms with Gasteiger partial charge >= 0.3 is 0 Å². The Bertz CT molecular complexity index is 853. The van der Waals surface area contributed by atoms with Gasteiger partial charge in [-0.2, -0.15) is 0 Å². The van der Waals surface area contributed by atoms with Crippen LogP contribution in [0.2, 0.25) is 0 Å². The fraction of sp³-hybridized carbons (Fsp3) is 0.462. The summed E-state index contributed by atoms with van der Waals surface area (Å²) in [5.41, 5.74) is 2.07. The molecule has 2 amide bonds. The van der Waals surface area contributed by atoms with Crippen molar-refractivity contribution in [2.45, 2.75) is 50.5 Å². The number of amides is 2. The van der Waals surface area contributed by atoms with Gasteiger partial charge in [0, 0.05) is 33.1 Å². The monoisotopic (exact) mass is 404 g/mol. The molecular weight excluding hydrogens is 372 g/mol. The van der Waals surface area contributed by atoms with Gasteiger partial charge in [0.15, 0.2) is 0 Å². The first kappa shape index (κ1) is 20.6. The van der Waals surface area contributed by atoms with Gasteiger partial charge < -0.3 is 9.80 Å². The van der Waals surface area contributed by atoms with Gasteiger partial charge in [0.1, 0.15) is 0 Å². The van der Waals surface area contributed by atoms with Crippen molar-refractivity contribution < 1.29 is 9.59 Å². The Morgan fingerprint density at radius 3 is 2.17 bits per heavy atom. The summed E-state index contributed by atoms with van der Waals surface area (Å²) in [4.78, 5) is 29.6. The van der Waals surface area contributed by atoms with Gasteiger partial charge in [0.25, 0.3) is 0 Å². The van der Waals surface area contributed by atoms with Gasteiger partial charge in [0.2, 0.25) is 11.8 Å². The molecule has 1 saturated carbocycles. The fourth-order valence-electron chi connectivity index (χ4n) is 4.70. The van der Waals surface area contributed by atoms with Crippen molar-refractivity contribution in [3.63, 3.8) is 0 Å². The molecule has 158 valence electrons. The molecule has 4 rings (SSSR count). The third-order valence-corrected chi connectivity index (χ3v) is 6.84. The van der Waals surface area contributed by atoms with Crippen LogP contribution < -0.4 is 0 Å². The molecule has 4 heteroatoms. The van der Waals surface area contributed by atoms with Crippen LogP contribution in [-0.4, -0.2) is 41.8 Å². The van der Waals surface area contributed by atoms with E-state index < -0.39 is 0 Å². The molecule has 2 fully saturated rings. The smallest absolute Gasteiger partial charge is 0.233 e. The number of hydrogen-bond donors (Lipinski definition) is 0. The Kier molecular flexibility index (Phi) is 6.21. The summed E-state index contributed by atoms with van der Waals surface area (Å²) in [5.74, 6) is 1.05. The van der Waals surface area contributed by atoms with E-state index in [0.29, 0.717) is 24.8 Å². The van der Waals surface area contributed by atoms with Gasteiger partial charge in [-0.15, -0.1) is 0 Å². The molecule has 0 aromatic heterocycles. The summed E-state index contributed by atoms with van der Waals surface area (Å²) in [5, 5.41) is 0. The summed E-state index contributed by atoms with van der Waals surface area (Å²) < 4.78 is 0. The first-order valence-corrected chi connectivity index (χ1v) is 11.2. The molecule has 2 aliphatic rings. The van der Waals surface area contributed by atoms with Crippen molar-refractivity contribution in [3.8, 4) is 0 Å². The average Bonchev–Trinajstić information content (AvgIpc) is 3.61. The minimum absolute atomic E-state index is 0.207. The maximum Gasteiger partial charge on any atom is 0.233 e. The predicted octanol–water partition coefficient (Wildman–Crippen LogP) is 4.40. The van der Waals surface area contributed by atoms with Crippen molar-refractivity contribution in [3.05, 3.63) is 71.8 Å². The highest BCUT2D eigenvalue weighted by molar-refractivity contribution is 5.91. The standard InChI is InChI=1S/C26H32N2O2/c1-27(20-22-8-4-2-5-9-22)24(29)13-12-21-14-18-28(19-15-21)25(30)26(16-17-26)23-10-6-3-7-11-23/h2-11,21H,12-20H2,1H3. The first-order chi connectivity index (χ1) is 14.6. The van der Waals surface area contributed by atoms with Crippen LogP contribution in [0.25, 0.3) is 0 Å². The van der Waals surface area contributed by atoms with Crippen molar-refractivity contribution in [1.82, 2.24) is 9.80 Å². The lowest BCUT2D eigenvalue weighted by atomic mass is 9.89. The molecule has 2 aromatic rings. The normalized spacial score (nSPS) is 18.1. The Labute approximate surface area is 179 Å². The molecule has 1 heterocycles. The van der Waals surface area contributed by atoms with Crippen molar-refractivity contribution in [1.29, 1.82) is 0 Å². The van der Waals surface area contributed by atoms with E-state index in [-0.39, 0.29) is 11.3 Å². The second kappa shape index (κ2) is 9.03. The highest BCUT2D eigenvalue weighted by Crippen LogP contribution is 2.50. The number of carbonyl (C=O) groups excluding carboxylic acids is 2. The van der Waals surface area contributed by atoms with Gasteiger partial charge in [0.05, 0.1) is 5.41 Å². The predicted molar refractivity (Wildman–Crippen MR) is 119 cm³/mol. The molecule has 0 unspecified atom stereocenters. The minimum atomic E-state index is -0.260. The second-order valence-corrected chi connectivity index (χ2v) is 8.96. The maximum absolute atomic E-state index is 13.2. The largest absolute Gasteiger partial charge is 0.342 e. The van der Waals surface area contributed by atoms with Crippen LogP contribution in [0.15, 0.2) is 60.7 Å². The maximum atomic E-state index is 13.2. The zero-order valence-electron chi connectivity index (χ0n) is 17.9. The topological polar surface area (TPSA) is 40.6 Å². The van der Waals surface area contributed by atoms with E-state index in [1.807, 2.05) is 48.3 Å². The molecule has 0 N–H and O–H groups in total. The Balaban J connectivity index is 1.22. The van der Waals surface area contributed by atoms with E-state index in [2.05, 4.69) is 29.2 Å². The highest BCUT2D eigenvalue weighted by Gasteiger charge is 2.53. The van der Waals surface area contributed by atoms with Crippen LogP contribution in [0.1, 0.15) is 49.7 Å². The number of likely N-dealkylation sites (tertiary alicyclic amines) is 1. The molecule has 1 aliphatic heterocycles. The molecule has 30 heavy (non-hydrogen) atoms. The van der Waals surface area contributed by atoms with E-state index in [4.69, 9.17) is 0 Å². The number of hydrogen-bond acceptors (Lipinski definition) is 2. The highest BCUT2D eigenvalue weighted by atomic mass is 16.2. The Hall–Kier alpha value is -2.62. The SMILES string of the molecule is CN(Cc1ccccc1)C(=O)CCC1CCN(C(=O)C2(c3ccccc3)CC2)CC1. The molecule has 0 bridgehead atoms. The van der Waals surface area contributed by atoms with E-state index in [0.717, 1.165) is 50.8 Å². The van der Waals surface area contributed by atoms with Crippen molar-refractivity contribution in [2.75, 3.05) is 20.1 Å². The number of carbonyl (C=O) groups is 2. The van der Waals surface area contributed by atoms with E-state index in [1.54, 1.807) is 0 Å². The minimum Gasteiger partial charge on any atom is -0.342 e. The zero-order chi connectivity index (χ0) is 21.0. The van der Waals surface area contributed by atoms with Gasteiger partial charge in [-0.05, 0) is 49.1 Å². The Morgan fingerprint density at radius 2 is 1.57 bits per heavy atom. The van der Waals surface area contributed by atoms with Crippen molar-refractivity contribution in [2.24, 2.45) is 5.92 Å². The third kappa shape index (κ3) is 4.58. The number of rotatable bonds is 7. The van der Waals surface area contributed by atoms with Crippen LogP contribution in [0.4, 0.5) is 0 Å². The van der Waals surface area contributed by atoms with Gasteiger partial charge in [-0.3, -0.25) is 9.59 Å². The van der Waals surface area contributed by atoms with Crippen molar-refractivity contribution >= 4 is 11.8 Å². The zero-order valence-corrected chi connectivity index (χ0v) is 17.9. The summed E-state index contributed by atoms with van der Waals surface area (Å²) in [7, 11) is 1.88. The van der Waals surface area contributed by atoms with Gasteiger partial charge in [-0.1, -0.05) is 60.7 Å². The lowest BCUT2D eigenvalue weighted by Gasteiger charge is -2.34. The van der Waals surface area contributed by atoms with E-state index in [1.165, 1.54) is 5.56 Å². The van der Waals surface area contributed by atoms with Crippen LogP contribution in [0.5, 0.6) is 0 Å². The molecular formula is C26H32N2O2. The lowest BCUT2D eigenvalue weighted by Crippen LogP contribution is -2.44. The van der Waals surface area contributed by atoms with Crippen LogP contribution >= 0.6 is 0 Å². The van der Waals surface area contributed by atoms with E-state index in [9.17, 15) is 9.59 Å². The van der Waals surface area contributed by atoms with Crippen LogP contribution in [0.3, 0.4) is 0 Å². The van der Waals surface area contributed by atoms with Crippen LogP contribution in [0, 0.1) is 5.92 Å². The molecule has 0 radical (unpaired) electrons. The number of nitrogens with zero attached hydrogens (tertiary/aromatic N) is 2. The molecule has 1 saturated heterocycles. The summed E-state index contributed by atoms with van der Waals surface area (Å²) >= 11 is 0. The average molecular weight is 405 g/mol. The summed E-state index contributed by atoms with van der Waals surface area (Å²) in [6, 6.07) is 20.4. The molecule has 0 spiro atoms. The molecule has 4 nitrogen and oxygen atoms in total. The van der Waals surface area contributed by atoms with Gasteiger partial charge in [-0.25, -0.2) is 0 Å². The molecule has 1 aliphatic carbocycles. The quantitative estimate of drug-likeness (QED) is 0.686. The first-order valence-electron chi connectivity index (χ1n) is 11.2. The number of piperidine rings is 1. The molecule has 2 aromatic carbocycles.